The highest BCUT2D eigenvalue weighted by molar-refractivity contribution is 5.79. The molecule has 0 aromatic heterocycles. The van der Waals surface area contributed by atoms with E-state index < -0.39 is 0 Å². The molecule has 0 unspecified atom stereocenters. The maximum Gasteiger partial charge on any atom is 0.0639 e. The third-order valence-corrected chi connectivity index (χ3v) is 3.41. The number of rotatable bonds is 7. The molecule has 0 aliphatic carbocycles. The van der Waals surface area contributed by atoms with E-state index >= 15 is 0 Å². The zero-order valence-electron chi connectivity index (χ0n) is 12.3. The van der Waals surface area contributed by atoms with Gasteiger partial charge in [-0.05, 0) is 29.5 Å². The molecule has 2 aromatic carbocycles. The lowest BCUT2D eigenvalue weighted by Gasteiger charge is -2.01. The van der Waals surface area contributed by atoms with E-state index in [1.54, 1.807) is 0 Å². The number of hydrogen-bond donors (Lipinski definition) is 0. The minimum atomic E-state index is 0.749. The first-order valence-corrected chi connectivity index (χ1v) is 7.51. The van der Waals surface area contributed by atoms with Crippen LogP contribution in [-0.2, 0) is 13.0 Å². The lowest BCUT2D eigenvalue weighted by molar-refractivity contribution is 0.717. The Kier molecular flexibility index (Phi) is 6.04. The molecule has 2 rings (SSSR count). The van der Waals surface area contributed by atoms with E-state index in [2.05, 4.69) is 60.4 Å². The summed E-state index contributed by atoms with van der Waals surface area (Å²) in [7, 11) is 0. The monoisotopic (exact) mass is 265 g/mol. The summed E-state index contributed by atoms with van der Waals surface area (Å²) in [4.78, 5) is 4.49. The Bertz CT molecular complexity index is 511. The molecule has 0 spiro atoms. The van der Waals surface area contributed by atoms with Crippen molar-refractivity contribution in [1.29, 1.82) is 0 Å². The minimum Gasteiger partial charge on any atom is -0.288 e. The molecule has 0 N–H and O–H groups in total. The number of benzene rings is 2. The van der Waals surface area contributed by atoms with Crippen LogP contribution in [0.2, 0.25) is 0 Å². The summed E-state index contributed by atoms with van der Waals surface area (Å²) in [5, 5.41) is 0. The number of unbranched alkanes of at least 4 members (excludes halogenated alkanes) is 2. The van der Waals surface area contributed by atoms with Crippen LogP contribution in [0.5, 0.6) is 0 Å². The summed E-state index contributed by atoms with van der Waals surface area (Å²) in [5.74, 6) is 0. The first-order valence-electron chi connectivity index (χ1n) is 7.51. The largest absolute Gasteiger partial charge is 0.288 e. The van der Waals surface area contributed by atoms with Crippen molar-refractivity contribution < 1.29 is 0 Å². The van der Waals surface area contributed by atoms with Gasteiger partial charge in [0, 0.05) is 6.21 Å². The summed E-state index contributed by atoms with van der Waals surface area (Å²) >= 11 is 0. The third kappa shape index (κ3) is 5.00. The molecule has 1 nitrogen and oxygen atoms in total. The van der Waals surface area contributed by atoms with Gasteiger partial charge in [0.25, 0.3) is 0 Å². The van der Waals surface area contributed by atoms with E-state index in [1.165, 1.54) is 42.4 Å². The van der Waals surface area contributed by atoms with Gasteiger partial charge in [-0.25, -0.2) is 0 Å². The van der Waals surface area contributed by atoms with Crippen LogP contribution >= 0.6 is 0 Å². The average Bonchev–Trinajstić information content (AvgIpc) is 2.50. The van der Waals surface area contributed by atoms with Gasteiger partial charge in [0.05, 0.1) is 6.54 Å². The van der Waals surface area contributed by atoms with Crippen molar-refractivity contribution in [3.05, 3.63) is 71.3 Å². The highest BCUT2D eigenvalue weighted by Crippen LogP contribution is 2.08. The van der Waals surface area contributed by atoms with Gasteiger partial charge in [-0.15, -0.1) is 0 Å². The lowest BCUT2D eigenvalue weighted by Crippen LogP contribution is -1.88. The van der Waals surface area contributed by atoms with Crippen LogP contribution in [0.1, 0.15) is 42.9 Å². The molecule has 20 heavy (non-hydrogen) atoms. The molecule has 0 amide bonds. The SMILES string of the molecule is CCCCCc1ccc(C=NCc2ccccc2)cc1. The molecule has 0 radical (unpaired) electrons. The first-order chi connectivity index (χ1) is 9.88. The summed E-state index contributed by atoms with van der Waals surface area (Å²) in [5.41, 5.74) is 3.86. The van der Waals surface area contributed by atoms with Crippen molar-refractivity contribution in [3.8, 4) is 0 Å². The second-order valence-electron chi connectivity index (χ2n) is 5.15. The van der Waals surface area contributed by atoms with E-state index in [0.29, 0.717) is 0 Å². The maximum atomic E-state index is 4.49. The fourth-order valence-corrected chi connectivity index (χ4v) is 2.19. The quantitative estimate of drug-likeness (QED) is 0.491. The molecule has 1 heteroatoms. The Labute approximate surface area is 122 Å². The van der Waals surface area contributed by atoms with Gasteiger partial charge in [0.1, 0.15) is 0 Å². The number of hydrogen-bond acceptors (Lipinski definition) is 1. The van der Waals surface area contributed by atoms with E-state index in [9.17, 15) is 0 Å². The van der Waals surface area contributed by atoms with Crippen molar-refractivity contribution in [2.45, 2.75) is 39.2 Å². The molecule has 0 aliphatic heterocycles. The average molecular weight is 265 g/mol. The van der Waals surface area contributed by atoms with Crippen molar-refractivity contribution in [3.63, 3.8) is 0 Å². The van der Waals surface area contributed by atoms with Gasteiger partial charge in [-0.1, -0.05) is 74.4 Å². The van der Waals surface area contributed by atoms with Crippen LogP contribution in [0.3, 0.4) is 0 Å². The van der Waals surface area contributed by atoms with Crippen molar-refractivity contribution in [1.82, 2.24) is 0 Å². The fraction of sp³-hybridized carbons (Fsp3) is 0.316. The van der Waals surface area contributed by atoms with Gasteiger partial charge in [0.2, 0.25) is 0 Å². The second kappa shape index (κ2) is 8.31. The number of aliphatic imine (C=N–C) groups is 1. The summed E-state index contributed by atoms with van der Waals surface area (Å²) in [6, 6.07) is 19.1. The molecular formula is C19H23N. The van der Waals surface area contributed by atoms with Crippen LogP contribution in [-0.4, -0.2) is 6.21 Å². The van der Waals surface area contributed by atoms with Gasteiger partial charge < -0.3 is 0 Å². The molecule has 0 fully saturated rings. The highest BCUT2D eigenvalue weighted by Gasteiger charge is 1.94. The highest BCUT2D eigenvalue weighted by atomic mass is 14.7. The number of aryl methyl sites for hydroxylation is 1. The Morgan fingerprint density at radius 1 is 0.850 bits per heavy atom. The van der Waals surface area contributed by atoms with Gasteiger partial charge in [-0.2, -0.15) is 0 Å². The van der Waals surface area contributed by atoms with E-state index in [-0.39, 0.29) is 0 Å². The minimum absolute atomic E-state index is 0.749. The molecule has 0 aliphatic rings. The summed E-state index contributed by atoms with van der Waals surface area (Å²) < 4.78 is 0. The maximum absolute atomic E-state index is 4.49. The zero-order chi connectivity index (χ0) is 14.0. The van der Waals surface area contributed by atoms with Crippen LogP contribution in [0.4, 0.5) is 0 Å². The lowest BCUT2D eigenvalue weighted by atomic mass is 10.1. The van der Waals surface area contributed by atoms with Gasteiger partial charge in [-0.3, -0.25) is 4.99 Å². The number of nitrogens with zero attached hydrogens (tertiary/aromatic N) is 1. The smallest absolute Gasteiger partial charge is 0.0639 e. The summed E-state index contributed by atoms with van der Waals surface area (Å²) in [6.07, 6.45) is 7.04. The molecule has 0 atom stereocenters. The Balaban J connectivity index is 1.84. The van der Waals surface area contributed by atoms with E-state index in [0.717, 1.165) is 6.54 Å². The second-order valence-corrected chi connectivity index (χ2v) is 5.15. The molecule has 0 saturated heterocycles. The standard InChI is InChI=1S/C19H23N/c1-2-3-5-8-17-11-13-19(14-12-17)16-20-15-18-9-6-4-7-10-18/h4,6-7,9-14,16H,2-3,5,8,15H2,1H3. The molecule has 0 heterocycles. The Hall–Kier alpha value is -1.89. The molecule has 0 saturated carbocycles. The first kappa shape index (κ1) is 14.5. The van der Waals surface area contributed by atoms with E-state index in [1.807, 2.05) is 12.3 Å². The van der Waals surface area contributed by atoms with Gasteiger partial charge in [0.15, 0.2) is 0 Å². The normalized spacial score (nSPS) is 11.1. The van der Waals surface area contributed by atoms with Crippen molar-refractivity contribution in [2.75, 3.05) is 0 Å². The molecule has 0 bridgehead atoms. The Morgan fingerprint density at radius 2 is 1.60 bits per heavy atom. The summed E-state index contributed by atoms with van der Waals surface area (Å²) in [6.45, 7) is 2.99. The van der Waals surface area contributed by atoms with Crippen LogP contribution in [0.25, 0.3) is 0 Å². The van der Waals surface area contributed by atoms with E-state index in [4.69, 9.17) is 0 Å². The Morgan fingerprint density at radius 3 is 2.30 bits per heavy atom. The van der Waals surface area contributed by atoms with Crippen LogP contribution in [0, 0.1) is 0 Å². The predicted molar refractivity (Wildman–Crippen MR) is 87.4 cm³/mol. The predicted octanol–water partition coefficient (Wildman–Crippen LogP) is 5.04. The topological polar surface area (TPSA) is 12.4 Å². The molecule has 2 aromatic rings. The zero-order valence-corrected chi connectivity index (χ0v) is 12.3. The molecular weight excluding hydrogens is 242 g/mol. The molecule has 104 valence electrons. The van der Waals surface area contributed by atoms with Crippen LogP contribution < -0.4 is 0 Å². The third-order valence-electron chi connectivity index (χ3n) is 3.41. The fourth-order valence-electron chi connectivity index (χ4n) is 2.19. The van der Waals surface area contributed by atoms with Crippen LogP contribution in [0.15, 0.2) is 59.6 Å². The van der Waals surface area contributed by atoms with Crippen molar-refractivity contribution >= 4 is 6.21 Å². The van der Waals surface area contributed by atoms with Gasteiger partial charge >= 0.3 is 0 Å². The van der Waals surface area contributed by atoms with Crippen molar-refractivity contribution in [2.24, 2.45) is 4.99 Å².